The smallest absolute Gasteiger partial charge is 0.144 e. The Morgan fingerprint density at radius 2 is 2.21 bits per heavy atom. The summed E-state index contributed by atoms with van der Waals surface area (Å²) in [5, 5.41) is 7.03. The van der Waals surface area contributed by atoms with Gasteiger partial charge in [0, 0.05) is 6.54 Å². The zero-order valence-electron chi connectivity index (χ0n) is 8.26. The number of hydrogen-bond donors (Lipinski definition) is 2. The van der Waals surface area contributed by atoms with Crippen LogP contribution in [0.5, 0.6) is 5.75 Å². The van der Waals surface area contributed by atoms with E-state index in [1.165, 1.54) is 18.5 Å². The standard InChI is InChI=1S/C11H14N2O/c1-14-9-4-2-3-8-10(9)12-7-11(13-8)5-6-11/h2-4,12-13H,5-7H2,1H3. The van der Waals surface area contributed by atoms with E-state index in [2.05, 4.69) is 16.7 Å². The Labute approximate surface area is 83.5 Å². The van der Waals surface area contributed by atoms with Crippen molar-refractivity contribution in [1.29, 1.82) is 0 Å². The van der Waals surface area contributed by atoms with Gasteiger partial charge in [-0.3, -0.25) is 0 Å². The van der Waals surface area contributed by atoms with Gasteiger partial charge in [0.15, 0.2) is 0 Å². The fraction of sp³-hybridized carbons (Fsp3) is 0.455. The molecular formula is C11H14N2O. The third-order valence-electron chi connectivity index (χ3n) is 3.10. The molecule has 0 amide bonds. The molecule has 1 saturated carbocycles. The van der Waals surface area contributed by atoms with Crippen LogP contribution in [0.25, 0.3) is 0 Å². The summed E-state index contributed by atoms with van der Waals surface area (Å²) >= 11 is 0. The molecule has 0 saturated heterocycles. The normalized spacial score (nSPS) is 20.6. The molecule has 1 fully saturated rings. The van der Waals surface area contributed by atoms with Gasteiger partial charge in [0.25, 0.3) is 0 Å². The molecule has 0 bridgehead atoms. The van der Waals surface area contributed by atoms with Crippen molar-refractivity contribution in [2.45, 2.75) is 18.4 Å². The van der Waals surface area contributed by atoms with Crippen molar-refractivity contribution in [2.24, 2.45) is 0 Å². The molecule has 2 N–H and O–H groups in total. The van der Waals surface area contributed by atoms with Crippen molar-refractivity contribution in [3.05, 3.63) is 18.2 Å². The van der Waals surface area contributed by atoms with Gasteiger partial charge < -0.3 is 15.4 Å². The second kappa shape index (κ2) is 2.56. The molecule has 0 atom stereocenters. The maximum Gasteiger partial charge on any atom is 0.144 e. The minimum atomic E-state index is 0.347. The van der Waals surface area contributed by atoms with E-state index in [0.717, 1.165) is 18.0 Å². The fourth-order valence-corrected chi connectivity index (χ4v) is 2.03. The summed E-state index contributed by atoms with van der Waals surface area (Å²) in [5.41, 5.74) is 2.62. The molecule has 2 aliphatic rings. The SMILES string of the molecule is COc1cccc2c1NCC1(CC1)N2. The second-order valence-electron chi connectivity index (χ2n) is 4.14. The fourth-order valence-electron chi connectivity index (χ4n) is 2.03. The molecule has 1 heterocycles. The predicted molar refractivity (Wildman–Crippen MR) is 57.1 cm³/mol. The monoisotopic (exact) mass is 190 g/mol. The molecular weight excluding hydrogens is 176 g/mol. The Morgan fingerprint density at radius 3 is 2.93 bits per heavy atom. The highest BCUT2D eigenvalue weighted by molar-refractivity contribution is 5.79. The van der Waals surface area contributed by atoms with Crippen molar-refractivity contribution < 1.29 is 4.74 Å². The van der Waals surface area contributed by atoms with E-state index in [9.17, 15) is 0 Å². The summed E-state index contributed by atoms with van der Waals surface area (Å²) < 4.78 is 5.30. The summed E-state index contributed by atoms with van der Waals surface area (Å²) in [6.45, 7) is 1.01. The number of benzene rings is 1. The highest BCUT2D eigenvalue weighted by atomic mass is 16.5. The topological polar surface area (TPSA) is 33.3 Å². The van der Waals surface area contributed by atoms with Crippen molar-refractivity contribution >= 4 is 11.4 Å². The van der Waals surface area contributed by atoms with E-state index in [1.807, 2.05) is 12.1 Å². The van der Waals surface area contributed by atoms with Gasteiger partial charge in [0.05, 0.1) is 18.3 Å². The summed E-state index contributed by atoms with van der Waals surface area (Å²) in [7, 11) is 1.71. The van der Waals surface area contributed by atoms with Gasteiger partial charge in [-0.15, -0.1) is 0 Å². The van der Waals surface area contributed by atoms with Gasteiger partial charge in [0.2, 0.25) is 0 Å². The quantitative estimate of drug-likeness (QED) is 0.711. The second-order valence-corrected chi connectivity index (χ2v) is 4.14. The van der Waals surface area contributed by atoms with Gasteiger partial charge >= 0.3 is 0 Å². The lowest BCUT2D eigenvalue weighted by atomic mass is 10.1. The van der Waals surface area contributed by atoms with Crippen LogP contribution >= 0.6 is 0 Å². The van der Waals surface area contributed by atoms with Gasteiger partial charge in [-0.05, 0) is 25.0 Å². The van der Waals surface area contributed by atoms with Crippen LogP contribution in [-0.4, -0.2) is 19.2 Å². The lowest BCUT2D eigenvalue weighted by Crippen LogP contribution is -2.35. The molecule has 3 heteroatoms. The van der Waals surface area contributed by atoms with Gasteiger partial charge in [0.1, 0.15) is 11.4 Å². The molecule has 0 radical (unpaired) electrons. The largest absolute Gasteiger partial charge is 0.495 e. The van der Waals surface area contributed by atoms with Crippen molar-refractivity contribution in [2.75, 3.05) is 24.3 Å². The van der Waals surface area contributed by atoms with Crippen LogP contribution in [0.1, 0.15) is 12.8 Å². The maximum atomic E-state index is 5.30. The number of hydrogen-bond acceptors (Lipinski definition) is 3. The molecule has 1 aromatic carbocycles. The number of methoxy groups -OCH3 is 1. The highest BCUT2D eigenvalue weighted by Gasteiger charge is 2.45. The van der Waals surface area contributed by atoms with Crippen LogP contribution in [0.15, 0.2) is 18.2 Å². The first-order chi connectivity index (χ1) is 6.83. The Hall–Kier alpha value is -1.38. The molecule has 14 heavy (non-hydrogen) atoms. The summed E-state index contributed by atoms with van der Waals surface area (Å²) in [5.74, 6) is 0.922. The lowest BCUT2D eigenvalue weighted by molar-refractivity contribution is 0.416. The minimum Gasteiger partial charge on any atom is -0.495 e. The van der Waals surface area contributed by atoms with Gasteiger partial charge in [-0.25, -0.2) is 0 Å². The zero-order valence-corrected chi connectivity index (χ0v) is 8.26. The van der Waals surface area contributed by atoms with Gasteiger partial charge in [-0.2, -0.15) is 0 Å². The molecule has 3 nitrogen and oxygen atoms in total. The van der Waals surface area contributed by atoms with Gasteiger partial charge in [-0.1, -0.05) is 6.07 Å². The Kier molecular flexibility index (Phi) is 1.46. The molecule has 74 valence electrons. The average molecular weight is 190 g/mol. The minimum absolute atomic E-state index is 0.347. The number of ether oxygens (including phenoxy) is 1. The molecule has 0 unspecified atom stereocenters. The average Bonchev–Trinajstić information content (AvgIpc) is 2.96. The summed E-state index contributed by atoms with van der Waals surface area (Å²) in [4.78, 5) is 0. The van der Waals surface area contributed by atoms with E-state index >= 15 is 0 Å². The number of nitrogens with one attached hydrogen (secondary N) is 2. The molecule has 1 aromatic rings. The summed E-state index contributed by atoms with van der Waals surface area (Å²) in [6.07, 6.45) is 2.55. The molecule has 1 aliphatic heterocycles. The summed E-state index contributed by atoms with van der Waals surface area (Å²) in [6, 6.07) is 6.11. The van der Waals surface area contributed by atoms with E-state index in [-0.39, 0.29) is 0 Å². The molecule has 0 aromatic heterocycles. The van der Waals surface area contributed by atoms with Crippen LogP contribution in [0, 0.1) is 0 Å². The van der Waals surface area contributed by atoms with E-state index < -0.39 is 0 Å². The Morgan fingerprint density at radius 1 is 1.36 bits per heavy atom. The first-order valence-corrected chi connectivity index (χ1v) is 5.02. The Bertz CT molecular complexity index is 372. The van der Waals surface area contributed by atoms with E-state index in [1.54, 1.807) is 7.11 Å². The van der Waals surface area contributed by atoms with Crippen molar-refractivity contribution in [3.63, 3.8) is 0 Å². The number of rotatable bonds is 1. The van der Waals surface area contributed by atoms with Crippen LogP contribution in [0.3, 0.4) is 0 Å². The number of anilines is 2. The third kappa shape index (κ3) is 1.05. The van der Waals surface area contributed by atoms with Crippen LogP contribution < -0.4 is 15.4 Å². The van der Waals surface area contributed by atoms with Crippen LogP contribution in [-0.2, 0) is 0 Å². The first-order valence-electron chi connectivity index (χ1n) is 5.02. The van der Waals surface area contributed by atoms with Crippen LogP contribution in [0.2, 0.25) is 0 Å². The molecule has 3 rings (SSSR count). The van der Waals surface area contributed by atoms with Crippen molar-refractivity contribution in [1.82, 2.24) is 0 Å². The molecule has 1 spiro atoms. The van der Waals surface area contributed by atoms with E-state index in [0.29, 0.717) is 5.54 Å². The predicted octanol–water partition coefficient (Wildman–Crippen LogP) is 2.07. The Balaban J connectivity index is 2.01. The molecule has 1 aliphatic carbocycles. The highest BCUT2D eigenvalue weighted by Crippen LogP contribution is 2.46. The van der Waals surface area contributed by atoms with E-state index in [4.69, 9.17) is 4.74 Å². The lowest BCUT2D eigenvalue weighted by Gasteiger charge is -2.29. The number of fused-ring (bicyclic) bond motifs is 1. The van der Waals surface area contributed by atoms with Crippen LogP contribution in [0.4, 0.5) is 11.4 Å². The number of para-hydroxylation sites is 1. The van der Waals surface area contributed by atoms with Crippen molar-refractivity contribution in [3.8, 4) is 5.75 Å². The first kappa shape index (κ1) is 7.97. The maximum absolute atomic E-state index is 5.30. The third-order valence-corrected chi connectivity index (χ3v) is 3.10. The zero-order chi connectivity index (χ0) is 9.60.